The lowest BCUT2D eigenvalue weighted by Gasteiger charge is -2.23. The molecule has 2 fully saturated rings. The zero-order valence-corrected chi connectivity index (χ0v) is 12.6. The molecule has 1 saturated heterocycles. The lowest BCUT2D eigenvalue weighted by Crippen LogP contribution is -2.31. The standard InChI is InChI=1S/C16H25N3O/c1-3-12-9-13(19(4-2)18-12)10-15(20)14-11-16(14)5-7-17-8-6-16/h9,14,17H,3-8,10-11H2,1-2H3. The smallest absolute Gasteiger partial charge is 0.142 e. The molecule has 110 valence electrons. The van der Waals surface area contributed by atoms with Gasteiger partial charge in [0.15, 0.2) is 0 Å². The Bertz CT molecular complexity index is 500. The second kappa shape index (κ2) is 5.32. The molecule has 0 radical (unpaired) electrons. The van der Waals surface area contributed by atoms with E-state index in [0.717, 1.165) is 43.9 Å². The molecule has 1 aliphatic heterocycles. The third-order valence-corrected chi connectivity index (χ3v) is 5.11. The van der Waals surface area contributed by atoms with Crippen molar-refractivity contribution in [2.45, 2.75) is 52.5 Å². The van der Waals surface area contributed by atoms with Crippen LogP contribution < -0.4 is 5.32 Å². The van der Waals surface area contributed by atoms with Crippen molar-refractivity contribution in [1.82, 2.24) is 15.1 Å². The lowest BCUT2D eigenvalue weighted by molar-refractivity contribution is -0.120. The molecule has 0 amide bonds. The molecule has 4 heteroatoms. The Morgan fingerprint density at radius 1 is 1.45 bits per heavy atom. The van der Waals surface area contributed by atoms with Crippen molar-refractivity contribution >= 4 is 5.78 Å². The van der Waals surface area contributed by atoms with Gasteiger partial charge in [0, 0.05) is 24.6 Å². The normalized spacial score (nSPS) is 24.0. The summed E-state index contributed by atoms with van der Waals surface area (Å²) in [7, 11) is 0. The van der Waals surface area contributed by atoms with Crippen molar-refractivity contribution in [3.8, 4) is 0 Å². The van der Waals surface area contributed by atoms with Gasteiger partial charge < -0.3 is 5.32 Å². The molecule has 0 bridgehead atoms. The zero-order chi connectivity index (χ0) is 14.2. The van der Waals surface area contributed by atoms with Crippen LogP contribution in [0.5, 0.6) is 0 Å². The number of aryl methyl sites for hydroxylation is 2. The molecule has 1 spiro atoms. The third kappa shape index (κ3) is 2.41. The summed E-state index contributed by atoms with van der Waals surface area (Å²) < 4.78 is 1.99. The van der Waals surface area contributed by atoms with E-state index >= 15 is 0 Å². The van der Waals surface area contributed by atoms with Crippen molar-refractivity contribution in [2.24, 2.45) is 11.3 Å². The van der Waals surface area contributed by atoms with Crippen LogP contribution in [0, 0.1) is 11.3 Å². The molecule has 1 saturated carbocycles. The summed E-state index contributed by atoms with van der Waals surface area (Å²) in [6.45, 7) is 7.21. The molecule has 1 aromatic heterocycles. The van der Waals surface area contributed by atoms with E-state index in [1.807, 2.05) is 4.68 Å². The van der Waals surface area contributed by atoms with E-state index in [-0.39, 0.29) is 0 Å². The minimum atomic E-state index is 0.315. The summed E-state index contributed by atoms with van der Waals surface area (Å²) in [5.41, 5.74) is 2.56. The van der Waals surface area contributed by atoms with Gasteiger partial charge in [-0.2, -0.15) is 5.10 Å². The number of rotatable bonds is 5. The summed E-state index contributed by atoms with van der Waals surface area (Å²) in [6, 6.07) is 2.11. The van der Waals surface area contributed by atoms with Gasteiger partial charge in [0.25, 0.3) is 0 Å². The van der Waals surface area contributed by atoms with Gasteiger partial charge >= 0.3 is 0 Å². The van der Waals surface area contributed by atoms with Crippen molar-refractivity contribution in [2.75, 3.05) is 13.1 Å². The number of carbonyl (C=O) groups excluding carboxylic acids is 1. The summed E-state index contributed by atoms with van der Waals surface area (Å²) in [4.78, 5) is 12.6. The van der Waals surface area contributed by atoms with Crippen LogP contribution >= 0.6 is 0 Å². The van der Waals surface area contributed by atoms with Crippen molar-refractivity contribution in [1.29, 1.82) is 0 Å². The van der Waals surface area contributed by atoms with Crippen LogP contribution in [0.3, 0.4) is 0 Å². The number of Topliss-reactive ketones (excluding diaryl/α,β-unsaturated/α-hetero) is 1. The quantitative estimate of drug-likeness (QED) is 0.893. The molecular weight excluding hydrogens is 250 g/mol. The summed E-state index contributed by atoms with van der Waals surface area (Å²) in [5.74, 6) is 0.749. The first-order chi connectivity index (χ1) is 9.68. The first-order valence-electron chi connectivity index (χ1n) is 7.97. The Balaban J connectivity index is 1.66. The fourth-order valence-corrected chi connectivity index (χ4v) is 3.69. The number of nitrogens with one attached hydrogen (secondary N) is 1. The van der Waals surface area contributed by atoms with E-state index < -0.39 is 0 Å². The second-order valence-electron chi connectivity index (χ2n) is 6.31. The first-order valence-corrected chi connectivity index (χ1v) is 7.97. The van der Waals surface area contributed by atoms with Crippen LogP contribution in [0.1, 0.15) is 44.5 Å². The molecule has 1 unspecified atom stereocenters. The predicted molar refractivity (Wildman–Crippen MR) is 78.6 cm³/mol. The molecular formula is C16H25N3O. The van der Waals surface area contributed by atoms with Crippen LogP contribution in [-0.4, -0.2) is 28.7 Å². The van der Waals surface area contributed by atoms with Gasteiger partial charge in [0.2, 0.25) is 0 Å². The average molecular weight is 275 g/mol. The summed E-state index contributed by atoms with van der Waals surface area (Å²) >= 11 is 0. The molecule has 3 rings (SSSR count). The predicted octanol–water partition coefficient (Wildman–Crippen LogP) is 1.97. The summed E-state index contributed by atoms with van der Waals surface area (Å²) in [5, 5.41) is 7.93. The van der Waals surface area contributed by atoms with Crippen molar-refractivity contribution < 1.29 is 4.79 Å². The molecule has 2 heterocycles. The molecule has 4 nitrogen and oxygen atoms in total. The Labute approximate surface area is 120 Å². The maximum Gasteiger partial charge on any atom is 0.142 e. The van der Waals surface area contributed by atoms with Gasteiger partial charge in [-0.25, -0.2) is 0 Å². The SMILES string of the molecule is CCc1cc(CC(=O)C2CC23CCNCC3)n(CC)n1. The van der Waals surface area contributed by atoms with E-state index in [2.05, 4.69) is 30.3 Å². The highest BCUT2D eigenvalue weighted by Gasteiger charge is 2.57. The van der Waals surface area contributed by atoms with E-state index in [1.54, 1.807) is 0 Å². The van der Waals surface area contributed by atoms with Crippen molar-refractivity contribution in [3.63, 3.8) is 0 Å². The van der Waals surface area contributed by atoms with E-state index in [0.29, 0.717) is 23.5 Å². The molecule has 1 aliphatic carbocycles. The van der Waals surface area contributed by atoms with Gasteiger partial charge in [0.05, 0.1) is 5.69 Å². The van der Waals surface area contributed by atoms with Gasteiger partial charge in [-0.1, -0.05) is 6.92 Å². The number of nitrogens with zero attached hydrogens (tertiary/aromatic N) is 2. The van der Waals surface area contributed by atoms with Gasteiger partial charge in [-0.3, -0.25) is 9.48 Å². The average Bonchev–Trinajstić information content (AvgIpc) is 3.00. The van der Waals surface area contributed by atoms with Crippen molar-refractivity contribution in [3.05, 3.63) is 17.5 Å². The maximum atomic E-state index is 12.6. The fraction of sp³-hybridized carbons (Fsp3) is 0.750. The lowest BCUT2D eigenvalue weighted by atomic mass is 9.90. The topological polar surface area (TPSA) is 46.9 Å². The molecule has 1 aromatic rings. The molecule has 1 atom stereocenters. The van der Waals surface area contributed by atoms with Crippen LogP contribution in [0.15, 0.2) is 6.07 Å². The Morgan fingerprint density at radius 2 is 2.20 bits per heavy atom. The highest BCUT2D eigenvalue weighted by molar-refractivity contribution is 5.86. The highest BCUT2D eigenvalue weighted by Crippen LogP contribution is 2.59. The number of ketones is 1. The number of piperidine rings is 1. The minimum Gasteiger partial charge on any atom is -0.317 e. The molecule has 0 aromatic carbocycles. The highest BCUT2D eigenvalue weighted by atomic mass is 16.1. The number of hydrogen-bond acceptors (Lipinski definition) is 3. The second-order valence-corrected chi connectivity index (χ2v) is 6.31. The largest absolute Gasteiger partial charge is 0.317 e. The van der Waals surface area contributed by atoms with Crippen LogP contribution in [0.2, 0.25) is 0 Å². The molecule has 2 aliphatic rings. The zero-order valence-electron chi connectivity index (χ0n) is 12.6. The van der Waals surface area contributed by atoms with Gasteiger partial charge in [-0.05, 0) is 57.2 Å². The number of hydrogen-bond donors (Lipinski definition) is 1. The van der Waals surface area contributed by atoms with Crippen LogP contribution in [-0.2, 0) is 24.2 Å². The maximum absolute atomic E-state index is 12.6. The minimum absolute atomic E-state index is 0.315. The summed E-state index contributed by atoms with van der Waals surface area (Å²) in [6.07, 6.45) is 4.98. The number of carbonyl (C=O) groups is 1. The third-order valence-electron chi connectivity index (χ3n) is 5.11. The van der Waals surface area contributed by atoms with E-state index in [9.17, 15) is 4.79 Å². The molecule has 20 heavy (non-hydrogen) atoms. The Hall–Kier alpha value is -1.16. The monoisotopic (exact) mass is 275 g/mol. The first kappa shape index (κ1) is 13.8. The molecule has 1 N–H and O–H groups in total. The van der Waals surface area contributed by atoms with Crippen LogP contribution in [0.25, 0.3) is 0 Å². The number of aromatic nitrogens is 2. The Morgan fingerprint density at radius 3 is 2.85 bits per heavy atom. The van der Waals surface area contributed by atoms with Gasteiger partial charge in [0.1, 0.15) is 5.78 Å². The Kier molecular flexibility index (Phi) is 3.67. The van der Waals surface area contributed by atoms with E-state index in [1.165, 1.54) is 12.8 Å². The fourth-order valence-electron chi connectivity index (χ4n) is 3.69. The van der Waals surface area contributed by atoms with E-state index in [4.69, 9.17) is 0 Å². The van der Waals surface area contributed by atoms with Crippen LogP contribution in [0.4, 0.5) is 0 Å². The van der Waals surface area contributed by atoms with Gasteiger partial charge in [-0.15, -0.1) is 0 Å².